The molecule has 6 nitrogen and oxygen atoms in total. The summed E-state index contributed by atoms with van der Waals surface area (Å²) in [5.74, 6) is -1.26. The number of hydrogen-bond donors (Lipinski definition) is 2. The number of benzene rings is 2. The van der Waals surface area contributed by atoms with Crippen molar-refractivity contribution in [3.63, 3.8) is 0 Å². The van der Waals surface area contributed by atoms with Crippen LogP contribution in [0.15, 0.2) is 47.4 Å². The molecule has 1 atom stereocenters. The van der Waals surface area contributed by atoms with E-state index in [1.165, 1.54) is 6.07 Å². The highest BCUT2D eigenvalue weighted by atomic mass is 32.2. The second kappa shape index (κ2) is 6.02. The van der Waals surface area contributed by atoms with E-state index in [0.29, 0.717) is 5.39 Å². The number of hydrogen-bond acceptors (Lipinski definition) is 4. The van der Waals surface area contributed by atoms with Crippen LogP contribution in [0.5, 0.6) is 0 Å². The first-order valence-electron chi connectivity index (χ1n) is 6.11. The lowest BCUT2D eigenvalue weighted by molar-refractivity contribution is -0.138. The summed E-state index contributed by atoms with van der Waals surface area (Å²) >= 11 is 0. The van der Waals surface area contributed by atoms with Gasteiger partial charge in [0.15, 0.2) is 0 Å². The average Bonchev–Trinajstić information content (AvgIpc) is 2.45. The summed E-state index contributed by atoms with van der Waals surface area (Å²) in [7, 11) is -3.99. The zero-order valence-electron chi connectivity index (χ0n) is 10.9. The monoisotopic (exact) mass is 307 g/mol. The quantitative estimate of drug-likeness (QED) is 0.780. The van der Waals surface area contributed by atoms with Crippen LogP contribution in [0.4, 0.5) is 0 Å². The molecule has 0 saturated carbocycles. The molecule has 0 spiro atoms. The van der Waals surface area contributed by atoms with Crippen molar-refractivity contribution in [3.8, 4) is 0 Å². The van der Waals surface area contributed by atoms with Gasteiger partial charge < -0.3 is 9.90 Å². The summed E-state index contributed by atoms with van der Waals surface area (Å²) in [6.07, 6.45) is -0.329. The summed E-state index contributed by atoms with van der Waals surface area (Å²) in [6, 6.07) is 10.4. The first kappa shape index (κ1) is 15.1. The molecule has 2 aromatic carbocycles. The fourth-order valence-electron chi connectivity index (χ4n) is 2.00. The van der Waals surface area contributed by atoms with Crippen LogP contribution < -0.4 is 4.72 Å². The highest BCUT2D eigenvalue weighted by Crippen LogP contribution is 2.22. The van der Waals surface area contributed by atoms with Crippen molar-refractivity contribution in [2.24, 2.45) is 0 Å². The lowest BCUT2D eigenvalue weighted by atomic mass is 10.1. The van der Waals surface area contributed by atoms with Crippen molar-refractivity contribution in [2.75, 3.05) is 0 Å². The molecule has 0 aliphatic heterocycles. The topological polar surface area (TPSA) is 101 Å². The van der Waals surface area contributed by atoms with Crippen LogP contribution in [0.1, 0.15) is 6.42 Å². The fraction of sp³-hybridized carbons (Fsp3) is 0.143. The number of sulfonamides is 1. The third kappa shape index (κ3) is 3.45. The molecule has 0 fully saturated rings. The Kier molecular flexibility index (Phi) is 4.35. The summed E-state index contributed by atoms with van der Waals surface area (Å²) in [5, 5.41) is 9.90. The first-order valence-corrected chi connectivity index (χ1v) is 7.59. The van der Waals surface area contributed by atoms with Crippen molar-refractivity contribution in [1.29, 1.82) is 0 Å². The van der Waals surface area contributed by atoms with Crippen LogP contribution in [-0.4, -0.2) is 31.8 Å². The maximum Gasteiger partial charge on any atom is 0.305 e. The number of fused-ring (bicyclic) bond motifs is 1. The van der Waals surface area contributed by atoms with Gasteiger partial charge in [-0.2, -0.15) is 0 Å². The predicted molar refractivity (Wildman–Crippen MR) is 76.4 cm³/mol. The summed E-state index contributed by atoms with van der Waals surface area (Å²) in [6.45, 7) is 0. The minimum Gasteiger partial charge on any atom is -0.481 e. The molecule has 7 heteroatoms. The van der Waals surface area contributed by atoms with Gasteiger partial charge in [0.1, 0.15) is 6.29 Å². The van der Waals surface area contributed by atoms with Gasteiger partial charge in [-0.25, -0.2) is 13.1 Å². The molecule has 21 heavy (non-hydrogen) atoms. The van der Waals surface area contributed by atoms with Gasteiger partial charge in [-0.1, -0.05) is 36.4 Å². The second-order valence-corrected chi connectivity index (χ2v) is 6.12. The summed E-state index contributed by atoms with van der Waals surface area (Å²) < 4.78 is 26.8. The van der Waals surface area contributed by atoms with Gasteiger partial charge in [0.05, 0.1) is 17.4 Å². The molecule has 0 amide bonds. The molecule has 0 bridgehead atoms. The van der Waals surface area contributed by atoms with Crippen LogP contribution in [0.3, 0.4) is 0 Å². The molecular weight excluding hydrogens is 294 g/mol. The lowest BCUT2D eigenvalue weighted by Crippen LogP contribution is -2.37. The van der Waals surface area contributed by atoms with E-state index in [4.69, 9.17) is 5.11 Å². The number of aldehydes is 1. The largest absolute Gasteiger partial charge is 0.481 e. The number of carboxylic acid groups (broad SMARTS) is 1. The van der Waals surface area contributed by atoms with Crippen LogP contribution in [0, 0.1) is 0 Å². The zero-order valence-corrected chi connectivity index (χ0v) is 11.7. The van der Waals surface area contributed by atoms with Gasteiger partial charge in [-0.05, 0) is 11.5 Å². The van der Waals surface area contributed by atoms with Crippen LogP contribution in [0.25, 0.3) is 10.8 Å². The third-order valence-electron chi connectivity index (χ3n) is 2.90. The van der Waals surface area contributed by atoms with E-state index >= 15 is 0 Å². The Morgan fingerprint density at radius 1 is 1.19 bits per heavy atom. The van der Waals surface area contributed by atoms with Gasteiger partial charge >= 0.3 is 5.97 Å². The average molecular weight is 307 g/mol. The number of carbonyl (C=O) groups is 2. The number of nitrogens with one attached hydrogen (secondary N) is 1. The first-order chi connectivity index (χ1) is 9.94. The smallest absolute Gasteiger partial charge is 0.305 e. The molecule has 0 aliphatic rings. The van der Waals surface area contributed by atoms with E-state index in [1.807, 2.05) is 0 Å². The van der Waals surface area contributed by atoms with Gasteiger partial charge in [0, 0.05) is 5.39 Å². The summed E-state index contributed by atoms with van der Waals surface area (Å²) in [4.78, 5) is 21.4. The minimum absolute atomic E-state index is 0.0119. The third-order valence-corrected chi connectivity index (χ3v) is 4.45. The molecule has 2 N–H and O–H groups in total. The molecule has 0 aromatic heterocycles. The molecule has 0 saturated heterocycles. The van der Waals surface area contributed by atoms with Gasteiger partial charge in [-0.3, -0.25) is 4.79 Å². The van der Waals surface area contributed by atoms with Crippen molar-refractivity contribution in [3.05, 3.63) is 42.5 Å². The molecule has 1 unspecified atom stereocenters. The van der Waals surface area contributed by atoms with Gasteiger partial charge in [0.25, 0.3) is 0 Å². The maximum atomic E-state index is 12.3. The van der Waals surface area contributed by atoms with Gasteiger partial charge in [0.2, 0.25) is 10.0 Å². The van der Waals surface area contributed by atoms with Crippen molar-refractivity contribution < 1.29 is 23.1 Å². The Bertz CT molecular complexity index is 780. The molecule has 2 aromatic rings. The van der Waals surface area contributed by atoms with E-state index in [1.54, 1.807) is 36.4 Å². The Balaban J connectivity index is 2.42. The number of rotatable bonds is 6. The number of carboxylic acids is 1. The predicted octanol–water partition coefficient (Wildman–Crippen LogP) is 1.16. The molecule has 0 heterocycles. The van der Waals surface area contributed by atoms with E-state index in [0.717, 1.165) is 5.39 Å². The lowest BCUT2D eigenvalue weighted by Gasteiger charge is -2.13. The van der Waals surface area contributed by atoms with E-state index in [9.17, 15) is 18.0 Å². The number of aliphatic carboxylic acids is 1. The van der Waals surface area contributed by atoms with Crippen LogP contribution in [0.2, 0.25) is 0 Å². The van der Waals surface area contributed by atoms with Crippen molar-refractivity contribution in [2.45, 2.75) is 17.4 Å². The maximum absolute atomic E-state index is 12.3. The normalized spacial score (nSPS) is 13.0. The van der Waals surface area contributed by atoms with Crippen LogP contribution >= 0.6 is 0 Å². The highest BCUT2D eigenvalue weighted by molar-refractivity contribution is 7.89. The molecule has 0 aliphatic carbocycles. The Hall–Kier alpha value is -2.25. The van der Waals surface area contributed by atoms with Crippen LogP contribution in [-0.2, 0) is 19.6 Å². The molecular formula is C14H13NO5S. The van der Waals surface area contributed by atoms with E-state index in [-0.39, 0.29) is 11.2 Å². The van der Waals surface area contributed by atoms with E-state index < -0.39 is 28.5 Å². The Morgan fingerprint density at radius 3 is 2.52 bits per heavy atom. The SMILES string of the molecule is O=CC(CC(=O)O)NS(=O)(=O)c1cccc2ccccc12. The standard InChI is InChI=1S/C14H13NO5S/c16-9-11(8-14(17)18)15-21(19,20)13-7-3-5-10-4-1-2-6-12(10)13/h1-7,9,11,15H,8H2,(H,17,18). The molecule has 2 rings (SSSR count). The highest BCUT2D eigenvalue weighted by Gasteiger charge is 2.23. The summed E-state index contributed by atoms with van der Waals surface area (Å²) in [5.41, 5.74) is 0. The van der Waals surface area contributed by atoms with Crippen molar-refractivity contribution >= 4 is 33.1 Å². The number of carbonyl (C=O) groups excluding carboxylic acids is 1. The second-order valence-electron chi connectivity index (χ2n) is 4.44. The zero-order chi connectivity index (χ0) is 15.5. The fourth-order valence-corrected chi connectivity index (χ4v) is 3.40. The molecule has 0 radical (unpaired) electrons. The van der Waals surface area contributed by atoms with E-state index in [2.05, 4.69) is 4.72 Å². The molecule has 110 valence electrons. The van der Waals surface area contributed by atoms with Crippen molar-refractivity contribution in [1.82, 2.24) is 4.72 Å². The Morgan fingerprint density at radius 2 is 1.86 bits per heavy atom. The van der Waals surface area contributed by atoms with Gasteiger partial charge in [-0.15, -0.1) is 0 Å². The minimum atomic E-state index is -3.99. The Labute approximate surface area is 121 Å².